The van der Waals surface area contributed by atoms with Crippen molar-refractivity contribution in [2.24, 2.45) is 5.92 Å². The highest BCUT2D eigenvalue weighted by Crippen LogP contribution is 2.43. The largest absolute Gasteiger partial charge is 0.459 e. The number of nitrogens with one attached hydrogen (secondary N) is 1. The predicted octanol–water partition coefficient (Wildman–Crippen LogP) is 4.66. The van der Waals surface area contributed by atoms with Gasteiger partial charge < -0.3 is 34.1 Å². The van der Waals surface area contributed by atoms with Crippen LogP contribution < -0.4 is 10.1 Å². The molecule has 3 heterocycles. The van der Waals surface area contributed by atoms with Gasteiger partial charge in [0.15, 0.2) is 0 Å². The van der Waals surface area contributed by atoms with Crippen molar-refractivity contribution in [3.05, 3.63) is 65.0 Å². The molecule has 10 nitrogen and oxygen atoms in total. The number of carbonyl (C=O) groups is 3. The lowest BCUT2D eigenvalue weighted by atomic mass is 9.87. The summed E-state index contributed by atoms with van der Waals surface area (Å²) in [5, 5.41) is 13.8. The quantitative estimate of drug-likeness (QED) is 0.0494. The molecule has 1 spiro atoms. The third-order valence-electron chi connectivity index (χ3n) is 8.70. The highest BCUT2D eigenvalue weighted by atomic mass is 19.2. The molecule has 2 N–H and O–H groups in total. The fraction of sp³-hybridized carbons (Fsp3) is 0.559. The highest BCUT2D eigenvalue weighted by molar-refractivity contribution is 5.87. The van der Waals surface area contributed by atoms with Gasteiger partial charge in [0, 0.05) is 19.4 Å². The number of halogens is 5. The molecule has 0 saturated carbocycles. The molecule has 0 aromatic heterocycles. The van der Waals surface area contributed by atoms with Crippen molar-refractivity contribution in [2.45, 2.75) is 109 Å². The molecule has 4 rings (SSSR count). The zero-order valence-electron chi connectivity index (χ0n) is 27.6. The van der Waals surface area contributed by atoms with Crippen LogP contribution in [0, 0.1) is 35.0 Å². The van der Waals surface area contributed by atoms with Crippen molar-refractivity contribution in [3.8, 4) is 5.75 Å². The molecule has 0 bridgehead atoms. The van der Waals surface area contributed by atoms with Gasteiger partial charge in [-0.25, -0.2) is 13.2 Å². The van der Waals surface area contributed by atoms with Gasteiger partial charge in [0.2, 0.25) is 40.7 Å². The maximum Gasteiger partial charge on any atom is 0.314 e. The second-order valence-electron chi connectivity index (χ2n) is 12.7. The minimum atomic E-state index is -2.38. The summed E-state index contributed by atoms with van der Waals surface area (Å²) >= 11 is 0. The van der Waals surface area contributed by atoms with E-state index in [1.165, 1.54) is 19.1 Å². The molecule has 1 aromatic rings. The first-order valence-corrected chi connectivity index (χ1v) is 15.9. The molecule has 3 aliphatic heterocycles. The molecular formula is C34H40F5NO9. The van der Waals surface area contributed by atoms with Crippen molar-refractivity contribution < 1.29 is 65.1 Å². The Bertz CT molecular complexity index is 1480. The average Bonchev–Trinajstić information content (AvgIpc) is 3.81. The Labute approximate surface area is 280 Å². The molecule has 0 radical (unpaired) electrons. The Balaban J connectivity index is 1.31. The third-order valence-corrected chi connectivity index (χ3v) is 8.70. The van der Waals surface area contributed by atoms with Crippen molar-refractivity contribution in [2.75, 3.05) is 6.61 Å². The van der Waals surface area contributed by atoms with Gasteiger partial charge in [-0.2, -0.15) is 8.78 Å². The van der Waals surface area contributed by atoms with E-state index in [0.29, 0.717) is 12.8 Å². The summed E-state index contributed by atoms with van der Waals surface area (Å²) in [4.78, 5) is 35.9. The van der Waals surface area contributed by atoms with Crippen LogP contribution in [0.15, 0.2) is 36.0 Å². The van der Waals surface area contributed by atoms with Gasteiger partial charge in [-0.3, -0.25) is 14.4 Å². The van der Waals surface area contributed by atoms with Gasteiger partial charge in [-0.05, 0) is 45.6 Å². The van der Waals surface area contributed by atoms with Gasteiger partial charge in [0.1, 0.15) is 23.9 Å². The molecule has 3 saturated heterocycles. The van der Waals surface area contributed by atoms with E-state index in [2.05, 4.69) is 10.1 Å². The Morgan fingerprint density at radius 3 is 2.27 bits per heavy atom. The number of esters is 2. The smallest absolute Gasteiger partial charge is 0.314 e. The van der Waals surface area contributed by atoms with Crippen LogP contribution in [-0.4, -0.2) is 77.8 Å². The number of aliphatic hydroxyl groups excluding tert-OH is 1. The molecule has 49 heavy (non-hydrogen) atoms. The van der Waals surface area contributed by atoms with Crippen LogP contribution in [0.1, 0.15) is 60.3 Å². The lowest BCUT2D eigenvalue weighted by Gasteiger charge is -2.39. The molecule has 0 aliphatic carbocycles. The molecule has 9 atom stereocenters. The van der Waals surface area contributed by atoms with Crippen molar-refractivity contribution in [1.29, 1.82) is 0 Å². The SMILES string of the molecule is CC(=O)O[C@@H](C)C=CC(=O)N[C@@H]1C[C@H](C)[C@H](CC=C(C)C=C[C@H]2O[C@H](CC(=O)Oc3c(F)c(F)c(F)c(F)c3F)C[C@@]3(CO3)[C@@H]2O)O[C@@H]1C. The molecular weight excluding hydrogens is 661 g/mol. The second-order valence-corrected chi connectivity index (χ2v) is 12.7. The number of rotatable bonds is 11. The maximum absolute atomic E-state index is 14.0. The number of amides is 1. The van der Waals surface area contributed by atoms with Crippen LogP contribution in [0.4, 0.5) is 22.0 Å². The Morgan fingerprint density at radius 2 is 1.65 bits per heavy atom. The first-order valence-electron chi connectivity index (χ1n) is 15.9. The van der Waals surface area contributed by atoms with Gasteiger partial charge in [0.25, 0.3) is 0 Å². The fourth-order valence-electron chi connectivity index (χ4n) is 5.90. The lowest BCUT2D eigenvalue weighted by molar-refractivity contribution is -0.153. The summed E-state index contributed by atoms with van der Waals surface area (Å²) in [6, 6.07) is -0.222. The van der Waals surface area contributed by atoms with Gasteiger partial charge in [0.05, 0.1) is 37.4 Å². The Morgan fingerprint density at radius 1 is 1.02 bits per heavy atom. The minimum absolute atomic E-state index is 0.0275. The Kier molecular flexibility index (Phi) is 12.4. The summed E-state index contributed by atoms with van der Waals surface area (Å²) in [5.41, 5.74) is -0.218. The topological polar surface area (TPSA) is 133 Å². The fourth-order valence-corrected chi connectivity index (χ4v) is 5.90. The molecule has 3 aliphatic rings. The number of carbonyl (C=O) groups excluding carboxylic acids is 3. The maximum atomic E-state index is 14.0. The van der Waals surface area contributed by atoms with E-state index in [4.69, 9.17) is 18.9 Å². The first-order chi connectivity index (χ1) is 23.0. The number of hydrogen-bond donors (Lipinski definition) is 2. The monoisotopic (exact) mass is 701 g/mol. The number of allylic oxidation sites excluding steroid dienone is 2. The summed E-state index contributed by atoms with van der Waals surface area (Å²) in [7, 11) is 0. The number of hydrogen-bond acceptors (Lipinski definition) is 9. The van der Waals surface area contributed by atoms with E-state index in [0.717, 1.165) is 5.57 Å². The normalized spacial score (nSPS) is 30.8. The molecule has 15 heteroatoms. The van der Waals surface area contributed by atoms with E-state index >= 15 is 0 Å². The van der Waals surface area contributed by atoms with E-state index in [-0.39, 0.29) is 43.1 Å². The van der Waals surface area contributed by atoms with E-state index < -0.39 is 83.2 Å². The third kappa shape index (κ3) is 9.53. The van der Waals surface area contributed by atoms with Crippen LogP contribution in [0.25, 0.3) is 0 Å². The highest BCUT2D eigenvalue weighted by Gasteiger charge is 2.58. The van der Waals surface area contributed by atoms with Crippen molar-refractivity contribution in [3.63, 3.8) is 0 Å². The summed E-state index contributed by atoms with van der Waals surface area (Å²) < 4.78 is 95.4. The van der Waals surface area contributed by atoms with Crippen molar-refractivity contribution >= 4 is 17.8 Å². The average molecular weight is 702 g/mol. The van der Waals surface area contributed by atoms with Crippen LogP contribution in [0.2, 0.25) is 0 Å². The second kappa shape index (κ2) is 15.9. The summed E-state index contributed by atoms with van der Waals surface area (Å²) in [5.74, 6) is -15.1. The molecule has 270 valence electrons. The molecule has 1 amide bonds. The van der Waals surface area contributed by atoms with Crippen molar-refractivity contribution in [1.82, 2.24) is 5.32 Å². The number of benzene rings is 1. The number of epoxide rings is 1. The first kappa shape index (κ1) is 38.1. The summed E-state index contributed by atoms with van der Waals surface area (Å²) in [6.07, 6.45) is 4.73. The standard InChI is InChI=1S/C34H40F5NO9/c1-16(6-9-23-17(2)12-22(19(4)47-23)40-25(42)11-8-18(3)46-20(5)41)7-10-24-33(44)34(15-45-34)14-21(48-24)13-26(43)49-32-30(38)28(36)27(35)29(37)31(32)39/h6-8,10-11,17-19,21-24,33,44H,9,12-15H2,1-5H3,(H,40,42)/t17-,18-,19+,21+,22+,23-,24+,33+,34+/m0/s1. The number of ether oxygens (including phenoxy) is 5. The van der Waals surface area contributed by atoms with Gasteiger partial charge in [-0.1, -0.05) is 30.7 Å². The van der Waals surface area contributed by atoms with Crippen LogP contribution in [0.5, 0.6) is 5.75 Å². The summed E-state index contributed by atoms with van der Waals surface area (Å²) in [6.45, 7) is 8.83. The van der Waals surface area contributed by atoms with Gasteiger partial charge in [-0.15, -0.1) is 0 Å². The van der Waals surface area contributed by atoms with Crippen LogP contribution >= 0.6 is 0 Å². The van der Waals surface area contributed by atoms with Gasteiger partial charge >= 0.3 is 11.9 Å². The van der Waals surface area contributed by atoms with Crippen LogP contribution in [0.3, 0.4) is 0 Å². The van der Waals surface area contributed by atoms with E-state index in [9.17, 15) is 41.4 Å². The zero-order chi connectivity index (χ0) is 36.2. The van der Waals surface area contributed by atoms with E-state index in [1.807, 2.05) is 26.8 Å². The number of aliphatic hydroxyl groups is 1. The Hall–Kier alpha value is -3.66. The molecule has 0 unspecified atom stereocenters. The lowest BCUT2D eigenvalue weighted by Crippen LogP contribution is -2.50. The molecule has 1 aromatic carbocycles. The predicted molar refractivity (Wildman–Crippen MR) is 162 cm³/mol. The van der Waals surface area contributed by atoms with Crippen LogP contribution in [-0.2, 0) is 33.3 Å². The minimum Gasteiger partial charge on any atom is -0.459 e. The zero-order valence-corrected chi connectivity index (χ0v) is 27.6. The molecule has 3 fully saturated rings. The van der Waals surface area contributed by atoms with E-state index in [1.54, 1.807) is 19.1 Å².